The molecule has 0 bridgehead atoms. The Hall–Kier alpha value is -2.91. The SMILES string of the molecule is CN(C)C1CCCN(Cc2ccc(Nc3ncc4c(n3)OCN(c3c(Cl)cccc3Cl)C4=O)cc2)C1. The van der Waals surface area contributed by atoms with Crippen LogP contribution in [0.15, 0.2) is 48.7 Å². The predicted octanol–water partition coefficient (Wildman–Crippen LogP) is 5.05. The highest BCUT2D eigenvalue weighted by atomic mass is 35.5. The molecule has 0 spiro atoms. The Morgan fingerprint density at radius 3 is 2.61 bits per heavy atom. The monoisotopic (exact) mass is 526 g/mol. The maximum absolute atomic E-state index is 13.1. The highest BCUT2D eigenvalue weighted by Crippen LogP contribution is 2.37. The van der Waals surface area contributed by atoms with E-state index >= 15 is 0 Å². The van der Waals surface area contributed by atoms with Crippen molar-refractivity contribution in [3.8, 4) is 5.88 Å². The molecule has 36 heavy (non-hydrogen) atoms. The summed E-state index contributed by atoms with van der Waals surface area (Å²) in [6, 6.07) is 13.9. The summed E-state index contributed by atoms with van der Waals surface area (Å²) < 4.78 is 5.77. The fraction of sp³-hybridized carbons (Fsp3) is 0.346. The predicted molar refractivity (Wildman–Crippen MR) is 143 cm³/mol. The first-order chi connectivity index (χ1) is 17.4. The number of benzene rings is 2. The molecule has 1 aromatic heterocycles. The van der Waals surface area contributed by atoms with Crippen LogP contribution in [0.25, 0.3) is 0 Å². The Bertz CT molecular complexity index is 1230. The molecule has 5 rings (SSSR count). The number of ether oxygens (including phenoxy) is 1. The third-order valence-corrected chi connectivity index (χ3v) is 7.20. The van der Waals surface area contributed by atoms with Gasteiger partial charge in [-0.05, 0) is 63.3 Å². The number of aromatic nitrogens is 2. The van der Waals surface area contributed by atoms with Gasteiger partial charge in [0.25, 0.3) is 5.91 Å². The van der Waals surface area contributed by atoms with Crippen molar-refractivity contribution < 1.29 is 9.53 Å². The van der Waals surface area contributed by atoms with Gasteiger partial charge in [0.05, 0.1) is 15.7 Å². The van der Waals surface area contributed by atoms with Crippen LogP contribution in [0, 0.1) is 0 Å². The van der Waals surface area contributed by atoms with Gasteiger partial charge in [0.15, 0.2) is 6.73 Å². The molecule has 1 atom stereocenters. The van der Waals surface area contributed by atoms with Crippen molar-refractivity contribution in [2.24, 2.45) is 0 Å². The van der Waals surface area contributed by atoms with Crippen molar-refractivity contribution in [1.82, 2.24) is 19.8 Å². The lowest BCUT2D eigenvalue weighted by molar-refractivity contribution is 0.0932. The number of likely N-dealkylation sites (tertiary alicyclic amines) is 1. The molecule has 188 valence electrons. The number of piperidine rings is 1. The second kappa shape index (κ2) is 10.6. The maximum atomic E-state index is 13.1. The molecule has 3 aromatic rings. The topological polar surface area (TPSA) is 73.8 Å². The van der Waals surface area contributed by atoms with E-state index in [0.29, 0.717) is 27.7 Å². The third kappa shape index (κ3) is 5.27. The highest BCUT2D eigenvalue weighted by Gasteiger charge is 2.31. The van der Waals surface area contributed by atoms with Gasteiger partial charge in [-0.3, -0.25) is 14.6 Å². The van der Waals surface area contributed by atoms with Gasteiger partial charge < -0.3 is 15.0 Å². The summed E-state index contributed by atoms with van der Waals surface area (Å²) in [5, 5.41) is 3.92. The minimum absolute atomic E-state index is 0.0500. The largest absolute Gasteiger partial charge is 0.455 e. The average Bonchev–Trinajstić information content (AvgIpc) is 2.86. The van der Waals surface area contributed by atoms with Gasteiger partial charge >= 0.3 is 0 Å². The minimum Gasteiger partial charge on any atom is -0.455 e. The van der Waals surface area contributed by atoms with Crippen molar-refractivity contribution in [2.45, 2.75) is 25.4 Å². The van der Waals surface area contributed by atoms with E-state index in [1.807, 2.05) is 12.1 Å². The number of carbonyl (C=O) groups excluding carboxylic acids is 1. The lowest BCUT2D eigenvalue weighted by atomic mass is 10.0. The van der Waals surface area contributed by atoms with Crippen LogP contribution in [-0.4, -0.2) is 65.6 Å². The number of para-hydroxylation sites is 1. The number of hydrogen-bond acceptors (Lipinski definition) is 7. The number of nitrogens with zero attached hydrogens (tertiary/aromatic N) is 5. The van der Waals surface area contributed by atoms with Crippen LogP contribution in [0.5, 0.6) is 5.88 Å². The molecule has 0 saturated carbocycles. The smallest absolute Gasteiger partial charge is 0.268 e. The van der Waals surface area contributed by atoms with E-state index in [0.717, 1.165) is 25.3 Å². The molecular formula is C26H28Cl2N6O2. The molecule has 2 aromatic carbocycles. The summed E-state index contributed by atoms with van der Waals surface area (Å²) >= 11 is 12.6. The van der Waals surface area contributed by atoms with E-state index in [1.165, 1.54) is 29.5 Å². The summed E-state index contributed by atoms with van der Waals surface area (Å²) in [5.74, 6) is 0.244. The van der Waals surface area contributed by atoms with E-state index < -0.39 is 0 Å². The van der Waals surface area contributed by atoms with E-state index in [9.17, 15) is 4.79 Å². The van der Waals surface area contributed by atoms with Crippen molar-refractivity contribution in [3.05, 3.63) is 69.8 Å². The Labute approximate surface area is 220 Å². The molecule has 1 N–H and O–H groups in total. The molecule has 3 heterocycles. The molecule has 1 fully saturated rings. The molecule has 2 aliphatic heterocycles. The summed E-state index contributed by atoms with van der Waals surface area (Å²) in [6.07, 6.45) is 3.94. The lowest BCUT2D eigenvalue weighted by Gasteiger charge is -2.36. The second-order valence-electron chi connectivity index (χ2n) is 9.31. The molecule has 1 amide bonds. The molecule has 2 aliphatic rings. The Kier molecular flexibility index (Phi) is 7.29. The minimum atomic E-state index is -0.323. The van der Waals surface area contributed by atoms with E-state index in [2.05, 4.69) is 51.3 Å². The fourth-order valence-corrected chi connectivity index (χ4v) is 5.20. The molecule has 8 nitrogen and oxygen atoms in total. The van der Waals surface area contributed by atoms with Crippen LogP contribution in [0.3, 0.4) is 0 Å². The first-order valence-corrected chi connectivity index (χ1v) is 12.6. The lowest BCUT2D eigenvalue weighted by Crippen LogP contribution is -2.44. The number of carbonyl (C=O) groups is 1. The summed E-state index contributed by atoms with van der Waals surface area (Å²) in [7, 11) is 4.31. The van der Waals surface area contributed by atoms with Gasteiger partial charge in [-0.2, -0.15) is 4.98 Å². The van der Waals surface area contributed by atoms with Crippen molar-refractivity contribution >= 4 is 46.4 Å². The van der Waals surface area contributed by atoms with Crippen LogP contribution in [0.4, 0.5) is 17.3 Å². The summed E-state index contributed by atoms with van der Waals surface area (Å²) in [5.41, 5.74) is 2.77. The number of anilines is 3. The zero-order valence-corrected chi connectivity index (χ0v) is 21.8. The number of nitrogens with one attached hydrogen (secondary N) is 1. The number of likely N-dealkylation sites (N-methyl/N-ethyl adjacent to an activating group) is 1. The average molecular weight is 527 g/mol. The first-order valence-electron chi connectivity index (χ1n) is 11.9. The fourth-order valence-electron chi connectivity index (χ4n) is 4.60. The Morgan fingerprint density at radius 2 is 1.89 bits per heavy atom. The molecule has 10 heteroatoms. The van der Waals surface area contributed by atoms with Gasteiger partial charge in [0, 0.05) is 31.0 Å². The van der Waals surface area contributed by atoms with Crippen molar-refractivity contribution in [3.63, 3.8) is 0 Å². The van der Waals surface area contributed by atoms with Crippen LogP contribution < -0.4 is 15.0 Å². The second-order valence-corrected chi connectivity index (χ2v) is 10.1. The molecule has 0 aliphatic carbocycles. The molecule has 1 unspecified atom stereocenters. The highest BCUT2D eigenvalue weighted by molar-refractivity contribution is 6.40. The maximum Gasteiger partial charge on any atom is 0.268 e. The van der Waals surface area contributed by atoms with E-state index in [-0.39, 0.29) is 24.1 Å². The van der Waals surface area contributed by atoms with Crippen molar-refractivity contribution in [2.75, 3.05) is 44.1 Å². The third-order valence-electron chi connectivity index (χ3n) is 6.59. The standard InChI is InChI=1S/C26H28Cl2N6O2/c1-32(2)19-5-4-12-33(15-19)14-17-8-10-18(11-9-17)30-26-29-13-20-24(31-26)36-16-34(25(20)35)23-21(27)6-3-7-22(23)28/h3,6-11,13,19H,4-5,12,14-16H2,1-2H3,(H,29,30,31). The normalized spacial score (nSPS) is 18.2. The zero-order chi connectivity index (χ0) is 25.2. The van der Waals surface area contributed by atoms with E-state index in [1.54, 1.807) is 18.2 Å². The van der Waals surface area contributed by atoms with Gasteiger partial charge in [0.1, 0.15) is 5.56 Å². The Morgan fingerprint density at radius 1 is 1.14 bits per heavy atom. The number of fused-ring (bicyclic) bond motifs is 1. The van der Waals surface area contributed by atoms with Gasteiger partial charge in [-0.1, -0.05) is 41.4 Å². The summed E-state index contributed by atoms with van der Waals surface area (Å²) in [4.78, 5) is 28.0. The Balaban J connectivity index is 1.24. The summed E-state index contributed by atoms with van der Waals surface area (Å²) in [6.45, 7) is 3.11. The quantitative estimate of drug-likeness (QED) is 0.481. The molecular weight excluding hydrogens is 499 g/mol. The van der Waals surface area contributed by atoms with Crippen LogP contribution in [0.2, 0.25) is 10.0 Å². The molecule has 1 saturated heterocycles. The van der Waals surface area contributed by atoms with Gasteiger partial charge in [-0.15, -0.1) is 0 Å². The zero-order valence-electron chi connectivity index (χ0n) is 20.2. The van der Waals surface area contributed by atoms with Crippen LogP contribution >= 0.6 is 23.2 Å². The number of amides is 1. The first kappa shape index (κ1) is 24.8. The van der Waals surface area contributed by atoms with Gasteiger partial charge in [0.2, 0.25) is 11.8 Å². The van der Waals surface area contributed by atoms with E-state index in [4.69, 9.17) is 27.9 Å². The van der Waals surface area contributed by atoms with Crippen LogP contribution in [0.1, 0.15) is 28.8 Å². The van der Waals surface area contributed by atoms with Crippen molar-refractivity contribution in [1.29, 1.82) is 0 Å². The number of rotatable bonds is 6. The number of hydrogen-bond donors (Lipinski definition) is 1. The van der Waals surface area contributed by atoms with Crippen LogP contribution in [-0.2, 0) is 6.54 Å². The molecule has 0 radical (unpaired) electrons. The number of halogens is 2. The van der Waals surface area contributed by atoms with Gasteiger partial charge in [-0.25, -0.2) is 4.98 Å².